The number of carbonyl (C=O) groups excluding carboxylic acids is 1. The smallest absolute Gasteiger partial charge is 0.421 e. The standard InChI is InChI=1S/C18H24F3N3O2/c1-16(2,11-26-14-12(18(19,20)21)5-3-9-22-14)15(25)24-13-6-10-23-17(13)7-4-8-17/h3,5,9,13,23H,4,6-8,10-11H2,1-2H3,(H,24,25). The van der Waals surface area contributed by atoms with Gasteiger partial charge in [-0.05, 0) is 58.2 Å². The molecule has 1 spiro atoms. The monoisotopic (exact) mass is 371 g/mol. The second-order valence-electron chi connectivity index (χ2n) is 7.78. The maximum atomic E-state index is 13.0. The van der Waals surface area contributed by atoms with Gasteiger partial charge in [0.1, 0.15) is 12.2 Å². The summed E-state index contributed by atoms with van der Waals surface area (Å²) in [6, 6.07) is 2.18. The van der Waals surface area contributed by atoms with Crippen molar-refractivity contribution in [2.24, 2.45) is 5.41 Å². The summed E-state index contributed by atoms with van der Waals surface area (Å²) in [6.45, 7) is 4.00. The number of amides is 1. The van der Waals surface area contributed by atoms with E-state index in [1.807, 2.05) is 0 Å². The molecule has 1 aromatic heterocycles. The first kappa shape index (κ1) is 18.9. The number of nitrogens with zero attached hydrogens (tertiary/aromatic N) is 1. The summed E-state index contributed by atoms with van der Waals surface area (Å²) in [4.78, 5) is 16.4. The summed E-state index contributed by atoms with van der Waals surface area (Å²) in [7, 11) is 0. The Balaban J connectivity index is 1.63. The van der Waals surface area contributed by atoms with Crippen molar-refractivity contribution in [3.63, 3.8) is 0 Å². The minimum absolute atomic E-state index is 0.00294. The molecule has 1 saturated carbocycles. The Bertz CT molecular complexity index is 672. The van der Waals surface area contributed by atoms with Gasteiger partial charge >= 0.3 is 6.18 Å². The molecule has 1 amide bonds. The van der Waals surface area contributed by atoms with E-state index in [0.29, 0.717) is 0 Å². The van der Waals surface area contributed by atoms with Crippen LogP contribution in [0.25, 0.3) is 0 Å². The molecular formula is C18H24F3N3O2. The molecule has 2 fully saturated rings. The van der Waals surface area contributed by atoms with Crippen molar-refractivity contribution >= 4 is 5.91 Å². The number of alkyl halides is 3. The van der Waals surface area contributed by atoms with Gasteiger partial charge in [-0.1, -0.05) is 0 Å². The lowest BCUT2D eigenvalue weighted by molar-refractivity contribution is -0.139. The van der Waals surface area contributed by atoms with Gasteiger partial charge in [-0.25, -0.2) is 4.98 Å². The van der Waals surface area contributed by atoms with E-state index in [9.17, 15) is 18.0 Å². The molecule has 2 aliphatic rings. The summed E-state index contributed by atoms with van der Waals surface area (Å²) < 4.78 is 44.4. The van der Waals surface area contributed by atoms with Gasteiger partial charge < -0.3 is 15.4 Å². The van der Waals surface area contributed by atoms with E-state index in [1.165, 1.54) is 12.3 Å². The molecule has 1 aliphatic carbocycles. The van der Waals surface area contributed by atoms with Gasteiger partial charge in [0.05, 0.1) is 5.41 Å². The molecule has 5 nitrogen and oxygen atoms in total. The maximum absolute atomic E-state index is 13.0. The first-order valence-corrected chi connectivity index (χ1v) is 8.85. The molecule has 1 aliphatic heterocycles. The predicted octanol–water partition coefficient (Wildman–Crippen LogP) is 2.91. The molecule has 2 heterocycles. The van der Waals surface area contributed by atoms with Gasteiger partial charge in [0.25, 0.3) is 0 Å². The van der Waals surface area contributed by atoms with Gasteiger partial charge in [0.2, 0.25) is 11.8 Å². The topological polar surface area (TPSA) is 63.2 Å². The fourth-order valence-electron chi connectivity index (χ4n) is 3.55. The molecule has 0 bridgehead atoms. The third-order valence-electron chi connectivity index (χ3n) is 5.39. The molecule has 1 unspecified atom stereocenters. The lowest BCUT2D eigenvalue weighted by Gasteiger charge is -2.44. The Morgan fingerprint density at radius 2 is 2.15 bits per heavy atom. The summed E-state index contributed by atoms with van der Waals surface area (Å²) in [6.07, 6.45) is 0.771. The zero-order valence-electron chi connectivity index (χ0n) is 14.9. The Morgan fingerprint density at radius 1 is 1.42 bits per heavy atom. The van der Waals surface area contributed by atoms with Gasteiger partial charge in [-0.15, -0.1) is 0 Å². The zero-order valence-corrected chi connectivity index (χ0v) is 14.9. The van der Waals surface area contributed by atoms with E-state index < -0.39 is 23.0 Å². The van der Waals surface area contributed by atoms with Crippen LogP contribution >= 0.6 is 0 Å². The first-order chi connectivity index (χ1) is 12.1. The van der Waals surface area contributed by atoms with Crippen LogP contribution in [0, 0.1) is 5.41 Å². The number of carbonyl (C=O) groups is 1. The van der Waals surface area contributed by atoms with Crippen molar-refractivity contribution in [2.45, 2.75) is 57.3 Å². The van der Waals surface area contributed by atoms with E-state index in [1.54, 1.807) is 13.8 Å². The highest BCUT2D eigenvalue weighted by atomic mass is 19.4. The fraction of sp³-hybridized carbons (Fsp3) is 0.667. The van der Waals surface area contributed by atoms with Crippen LogP contribution in [0.1, 0.15) is 45.1 Å². The first-order valence-electron chi connectivity index (χ1n) is 8.85. The largest absolute Gasteiger partial charge is 0.476 e. The number of aromatic nitrogens is 1. The molecule has 2 N–H and O–H groups in total. The van der Waals surface area contributed by atoms with E-state index in [-0.39, 0.29) is 24.1 Å². The molecule has 8 heteroatoms. The number of halogens is 3. The van der Waals surface area contributed by atoms with Gasteiger partial charge in [-0.2, -0.15) is 13.2 Å². The SMILES string of the molecule is CC(C)(COc1ncccc1C(F)(F)F)C(=O)NC1CCNC12CCC2. The highest BCUT2D eigenvalue weighted by Crippen LogP contribution is 2.39. The van der Waals surface area contributed by atoms with Crippen molar-refractivity contribution in [1.29, 1.82) is 0 Å². The Morgan fingerprint density at radius 3 is 2.77 bits per heavy atom. The molecule has 0 radical (unpaired) electrons. The van der Waals surface area contributed by atoms with Crippen LogP contribution in [0.2, 0.25) is 0 Å². The Kier molecular flexibility index (Phi) is 4.90. The molecule has 3 rings (SSSR count). The molecule has 144 valence electrons. The highest BCUT2D eigenvalue weighted by Gasteiger charge is 2.48. The lowest BCUT2D eigenvalue weighted by Crippen LogP contribution is -2.60. The summed E-state index contributed by atoms with van der Waals surface area (Å²) >= 11 is 0. The number of nitrogens with one attached hydrogen (secondary N) is 2. The number of ether oxygens (including phenoxy) is 1. The van der Waals surface area contributed by atoms with Crippen LogP contribution in [0.15, 0.2) is 18.3 Å². The average Bonchev–Trinajstić information content (AvgIpc) is 2.96. The maximum Gasteiger partial charge on any atom is 0.421 e. The van der Waals surface area contributed by atoms with Crippen molar-refractivity contribution in [2.75, 3.05) is 13.2 Å². The number of hydrogen-bond donors (Lipinski definition) is 2. The highest BCUT2D eigenvalue weighted by molar-refractivity contribution is 5.82. The van der Waals surface area contributed by atoms with Crippen molar-refractivity contribution in [1.82, 2.24) is 15.6 Å². The van der Waals surface area contributed by atoms with Crippen LogP contribution in [-0.4, -0.2) is 35.6 Å². The minimum atomic E-state index is -4.55. The molecule has 1 saturated heterocycles. The van der Waals surface area contributed by atoms with Crippen molar-refractivity contribution in [3.05, 3.63) is 23.9 Å². The van der Waals surface area contributed by atoms with Crippen molar-refractivity contribution in [3.8, 4) is 5.88 Å². The number of hydrogen-bond acceptors (Lipinski definition) is 4. The van der Waals surface area contributed by atoms with Crippen LogP contribution in [-0.2, 0) is 11.0 Å². The van der Waals surface area contributed by atoms with Crippen LogP contribution in [0.5, 0.6) is 5.88 Å². The summed E-state index contributed by atoms with van der Waals surface area (Å²) in [5.41, 5.74) is -1.92. The normalized spacial score (nSPS) is 22.1. The Labute approximate surface area is 150 Å². The fourth-order valence-corrected chi connectivity index (χ4v) is 3.55. The third kappa shape index (κ3) is 3.65. The van der Waals surface area contributed by atoms with E-state index in [4.69, 9.17) is 4.74 Å². The second kappa shape index (κ2) is 6.72. The van der Waals surface area contributed by atoms with Crippen LogP contribution in [0.4, 0.5) is 13.2 Å². The minimum Gasteiger partial charge on any atom is -0.476 e. The molecule has 1 aromatic rings. The quantitative estimate of drug-likeness (QED) is 0.836. The Hall–Kier alpha value is -1.83. The van der Waals surface area contributed by atoms with Gasteiger partial charge in [0, 0.05) is 17.8 Å². The van der Waals surface area contributed by atoms with Crippen LogP contribution < -0.4 is 15.4 Å². The third-order valence-corrected chi connectivity index (χ3v) is 5.39. The molecule has 1 atom stereocenters. The van der Waals surface area contributed by atoms with Gasteiger partial charge in [-0.3, -0.25) is 4.79 Å². The molecule has 0 aromatic carbocycles. The number of rotatable bonds is 5. The average molecular weight is 371 g/mol. The number of pyridine rings is 1. The van der Waals surface area contributed by atoms with E-state index in [0.717, 1.165) is 38.3 Å². The summed E-state index contributed by atoms with van der Waals surface area (Å²) in [5.74, 6) is -0.721. The zero-order chi connectivity index (χ0) is 19.0. The van der Waals surface area contributed by atoms with Gasteiger partial charge in [0.15, 0.2) is 0 Å². The summed E-state index contributed by atoms with van der Waals surface area (Å²) in [5, 5.41) is 6.55. The molecular weight excluding hydrogens is 347 g/mol. The van der Waals surface area contributed by atoms with Crippen LogP contribution in [0.3, 0.4) is 0 Å². The van der Waals surface area contributed by atoms with E-state index in [2.05, 4.69) is 15.6 Å². The lowest BCUT2D eigenvalue weighted by atomic mass is 9.72. The molecule has 26 heavy (non-hydrogen) atoms. The predicted molar refractivity (Wildman–Crippen MR) is 89.6 cm³/mol. The van der Waals surface area contributed by atoms with Crippen molar-refractivity contribution < 1.29 is 22.7 Å². The second-order valence-corrected chi connectivity index (χ2v) is 7.78. The van der Waals surface area contributed by atoms with E-state index >= 15 is 0 Å².